The van der Waals surface area contributed by atoms with Gasteiger partial charge in [-0.15, -0.1) is 0 Å². The van der Waals surface area contributed by atoms with Crippen LogP contribution in [-0.2, 0) is 4.79 Å². The predicted octanol–water partition coefficient (Wildman–Crippen LogP) is 4.68. The lowest BCUT2D eigenvalue weighted by Crippen LogP contribution is -2.14. The molecule has 0 spiro atoms. The Hall–Kier alpha value is -2.69. The molecule has 0 fully saturated rings. The van der Waals surface area contributed by atoms with E-state index >= 15 is 0 Å². The van der Waals surface area contributed by atoms with Gasteiger partial charge in [0.15, 0.2) is 11.5 Å². The number of nitriles is 1. The van der Waals surface area contributed by atoms with Crippen molar-refractivity contribution in [3.8, 4) is 23.3 Å². The Morgan fingerprint density at radius 2 is 1.93 bits per heavy atom. The van der Waals surface area contributed by atoms with E-state index in [1.807, 2.05) is 6.07 Å². The van der Waals surface area contributed by atoms with Gasteiger partial charge >= 0.3 is 0 Å². The molecule has 0 atom stereocenters. The Morgan fingerprint density at radius 3 is 2.52 bits per heavy atom. The van der Waals surface area contributed by atoms with E-state index in [4.69, 9.17) is 21.1 Å². The summed E-state index contributed by atoms with van der Waals surface area (Å²) in [6.07, 6.45) is 1.39. The van der Waals surface area contributed by atoms with Gasteiger partial charge in [-0.25, -0.2) is 0 Å². The molecular formula is C19H16BrClN2O4. The predicted molar refractivity (Wildman–Crippen MR) is 107 cm³/mol. The van der Waals surface area contributed by atoms with Crippen LogP contribution >= 0.6 is 27.5 Å². The number of aromatic hydroxyl groups is 1. The number of aryl methyl sites for hydroxylation is 1. The highest BCUT2D eigenvalue weighted by Crippen LogP contribution is 2.36. The summed E-state index contributed by atoms with van der Waals surface area (Å²) in [4.78, 5) is 12.5. The third kappa shape index (κ3) is 4.73. The van der Waals surface area contributed by atoms with Gasteiger partial charge in [-0.2, -0.15) is 5.26 Å². The molecule has 0 unspecified atom stereocenters. The molecule has 0 radical (unpaired) electrons. The second-order valence-corrected chi connectivity index (χ2v) is 6.74. The molecule has 0 aliphatic carbocycles. The molecule has 2 aromatic rings. The minimum Gasteiger partial charge on any atom is -0.503 e. The zero-order valence-corrected chi connectivity index (χ0v) is 17.1. The second kappa shape index (κ2) is 8.80. The molecule has 1 amide bonds. The zero-order chi connectivity index (χ0) is 20.1. The Bertz CT molecular complexity index is 967. The molecule has 2 aromatic carbocycles. The van der Waals surface area contributed by atoms with Crippen LogP contribution in [0.2, 0.25) is 5.02 Å². The van der Waals surface area contributed by atoms with Crippen LogP contribution in [0, 0.1) is 18.3 Å². The van der Waals surface area contributed by atoms with E-state index in [9.17, 15) is 15.2 Å². The monoisotopic (exact) mass is 450 g/mol. The van der Waals surface area contributed by atoms with E-state index < -0.39 is 5.91 Å². The number of nitrogens with one attached hydrogen (secondary N) is 1. The molecule has 0 saturated heterocycles. The maximum Gasteiger partial charge on any atom is 0.266 e. The van der Waals surface area contributed by atoms with Gasteiger partial charge in [-0.1, -0.05) is 11.6 Å². The van der Waals surface area contributed by atoms with Gasteiger partial charge in [-0.05, 0) is 58.3 Å². The summed E-state index contributed by atoms with van der Waals surface area (Å²) in [6.45, 7) is 1.79. The number of phenols is 1. The summed E-state index contributed by atoms with van der Waals surface area (Å²) in [5.41, 5.74) is 1.52. The number of rotatable bonds is 5. The molecule has 140 valence electrons. The van der Waals surface area contributed by atoms with Gasteiger partial charge in [0.2, 0.25) is 0 Å². The smallest absolute Gasteiger partial charge is 0.266 e. The molecule has 8 heteroatoms. The molecule has 6 nitrogen and oxygen atoms in total. The highest BCUT2D eigenvalue weighted by Gasteiger charge is 2.15. The van der Waals surface area contributed by atoms with Crippen molar-refractivity contribution in [3.63, 3.8) is 0 Å². The van der Waals surface area contributed by atoms with Crippen molar-refractivity contribution < 1.29 is 19.4 Å². The van der Waals surface area contributed by atoms with Crippen molar-refractivity contribution in [1.29, 1.82) is 5.26 Å². The van der Waals surface area contributed by atoms with Crippen LogP contribution < -0.4 is 14.8 Å². The average molecular weight is 452 g/mol. The standard InChI is InChI=1S/C19H16BrClN2O4/c1-10-4-15(16(26-2)8-14(10)21)23-19(25)12(9-22)5-11-6-13(20)18(24)17(7-11)27-3/h4-8,24H,1-3H3,(H,23,25)/b12-5-. The minimum atomic E-state index is -0.610. The first-order valence-corrected chi connectivity index (χ1v) is 8.81. The van der Waals surface area contributed by atoms with E-state index in [1.165, 1.54) is 26.4 Å². The highest BCUT2D eigenvalue weighted by atomic mass is 79.9. The summed E-state index contributed by atoms with van der Waals surface area (Å²) in [6, 6.07) is 8.19. The molecule has 0 aliphatic heterocycles. The molecule has 2 rings (SSSR count). The Balaban J connectivity index is 2.37. The van der Waals surface area contributed by atoms with E-state index in [1.54, 1.807) is 25.1 Å². The van der Waals surface area contributed by atoms with E-state index in [2.05, 4.69) is 21.2 Å². The Morgan fingerprint density at radius 1 is 1.26 bits per heavy atom. The number of amides is 1. The van der Waals surface area contributed by atoms with Crippen LogP contribution in [0.3, 0.4) is 0 Å². The van der Waals surface area contributed by atoms with Crippen LogP contribution in [0.4, 0.5) is 5.69 Å². The van der Waals surface area contributed by atoms with Crippen LogP contribution in [0.15, 0.2) is 34.3 Å². The van der Waals surface area contributed by atoms with Crippen molar-refractivity contribution in [2.24, 2.45) is 0 Å². The van der Waals surface area contributed by atoms with Gasteiger partial charge in [0.25, 0.3) is 5.91 Å². The van der Waals surface area contributed by atoms with Gasteiger partial charge in [0, 0.05) is 11.1 Å². The average Bonchev–Trinajstić information content (AvgIpc) is 2.64. The second-order valence-electron chi connectivity index (χ2n) is 5.48. The first-order chi connectivity index (χ1) is 12.8. The molecule has 0 aliphatic rings. The topological polar surface area (TPSA) is 91.6 Å². The van der Waals surface area contributed by atoms with Crippen LogP contribution in [-0.4, -0.2) is 25.2 Å². The Kier molecular flexibility index (Phi) is 6.72. The van der Waals surface area contributed by atoms with Crippen LogP contribution in [0.5, 0.6) is 17.2 Å². The molecule has 2 N–H and O–H groups in total. The number of phenolic OH excluding ortho intramolecular Hbond substituents is 1. The normalized spacial score (nSPS) is 10.9. The summed E-state index contributed by atoms with van der Waals surface area (Å²) in [7, 11) is 2.86. The van der Waals surface area contributed by atoms with Crippen molar-refractivity contribution in [2.45, 2.75) is 6.92 Å². The summed E-state index contributed by atoms with van der Waals surface area (Å²) in [5, 5.41) is 22.4. The van der Waals surface area contributed by atoms with E-state index in [-0.39, 0.29) is 17.1 Å². The maximum absolute atomic E-state index is 12.5. The number of carbonyl (C=O) groups is 1. The number of ether oxygens (including phenoxy) is 2. The fourth-order valence-electron chi connectivity index (χ4n) is 2.27. The lowest BCUT2D eigenvalue weighted by atomic mass is 10.1. The van der Waals surface area contributed by atoms with Gasteiger partial charge < -0.3 is 19.9 Å². The number of carbonyl (C=O) groups excluding carboxylic acids is 1. The number of halogens is 2. The minimum absolute atomic E-state index is 0.0704. The molecular weight excluding hydrogens is 436 g/mol. The molecule has 0 bridgehead atoms. The quantitative estimate of drug-likeness (QED) is 0.509. The summed E-state index contributed by atoms with van der Waals surface area (Å²) < 4.78 is 10.7. The van der Waals surface area contributed by atoms with Crippen LogP contribution in [0.1, 0.15) is 11.1 Å². The van der Waals surface area contributed by atoms with Gasteiger partial charge in [0.05, 0.1) is 24.4 Å². The van der Waals surface area contributed by atoms with Crippen molar-refractivity contribution in [1.82, 2.24) is 0 Å². The van der Waals surface area contributed by atoms with Crippen molar-refractivity contribution >= 4 is 45.2 Å². The van der Waals surface area contributed by atoms with Crippen molar-refractivity contribution in [2.75, 3.05) is 19.5 Å². The SMILES string of the molecule is COc1cc(Cl)c(C)cc1NC(=O)/C(C#N)=C\c1cc(Br)c(O)c(OC)c1. The zero-order valence-electron chi connectivity index (χ0n) is 14.8. The van der Waals surface area contributed by atoms with Gasteiger partial charge in [-0.3, -0.25) is 4.79 Å². The molecule has 0 heterocycles. The first-order valence-electron chi connectivity index (χ1n) is 7.64. The third-order valence-electron chi connectivity index (χ3n) is 3.68. The lowest BCUT2D eigenvalue weighted by Gasteiger charge is -2.12. The first kappa shape index (κ1) is 20.6. The highest BCUT2D eigenvalue weighted by molar-refractivity contribution is 9.10. The van der Waals surface area contributed by atoms with Gasteiger partial charge in [0.1, 0.15) is 17.4 Å². The van der Waals surface area contributed by atoms with E-state index in [0.29, 0.717) is 26.5 Å². The largest absolute Gasteiger partial charge is 0.503 e. The number of nitrogens with zero attached hydrogens (tertiary/aromatic N) is 1. The summed E-state index contributed by atoms with van der Waals surface area (Å²) in [5.74, 6) is -0.0896. The number of hydrogen-bond donors (Lipinski definition) is 2. The number of hydrogen-bond acceptors (Lipinski definition) is 5. The molecule has 27 heavy (non-hydrogen) atoms. The fourth-order valence-corrected chi connectivity index (χ4v) is 2.88. The number of methoxy groups -OCH3 is 2. The Labute approximate surface area is 170 Å². The number of benzene rings is 2. The molecule has 0 saturated carbocycles. The number of anilines is 1. The van der Waals surface area contributed by atoms with Crippen molar-refractivity contribution in [3.05, 3.63) is 50.5 Å². The summed E-state index contributed by atoms with van der Waals surface area (Å²) >= 11 is 9.26. The lowest BCUT2D eigenvalue weighted by molar-refractivity contribution is -0.112. The maximum atomic E-state index is 12.5. The fraction of sp³-hybridized carbons (Fsp3) is 0.158. The molecule has 0 aromatic heterocycles. The van der Waals surface area contributed by atoms with Crippen LogP contribution in [0.25, 0.3) is 6.08 Å². The third-order valence-corrected chi connectivity index (χ3v) is 4.69. The van der Waals surface area contributed by atoms with E-state index in [0.717, 1.165) is 5.56 Å².